The van der Waals surface area contributed by atoms with Crippen LogP contribution in [0.5, 0.6) is 0 Å². The summed E-state index contributed by atoms with van der Waals surface area (Å²) in [6, 6.07) is 10.4. The van der Waals surface area contributed by atoms with E-state index in [4.69, 9.17) is 0 Å². The summed E-state index contributed by atoms with van der Waals surface area (Å²) in [7, 11) is 8.13. The van der Waals surface area contributed by atoms with E-state index < -0.39 is 17.7 Å². The van der Waals surface area contributed by atoms with Gasteiger partial charge in [0.15, 0.2) is 5.78 Å². The van der Waals surface area contributed by atoms with Crippen molar-refractivity contribution in [2.45, 2.75) is 25.8 Å². The van der Waals surface area contributed by atoms with Crippen LogP contribution < -0.4 is 27.0 Å². The van der Waals surface area contributed by atoms with E-state index in [0.717, 1.165) is 25.9 Å². The summed E-state index contributed by atoms with van der Waals surface area (Å²) in [4.78, 5) is 59.7. The number of Topliss-reactive ketones (excluding diaryl/α,β-unsaturated/α-hetero) is 1. The standard InChI is InChI=1S/C30H41N13O3/c1-19(44)25(26(45)33-22-12-13-23-24(18-22)36-30(46)35-23)41-40-21-10-8-20(9-11-21)34-29-38-27(31-14-6-16-42(2)3)37-28(39-29)32-15-7-17-43(4)5/h8-13,18,25H,6-7,14-17H2,1-5H3,(H,33,45)(H2,35,36,46)(H3,31,32,34,37,38,39)/t25-/m0/s1. The van der Waals surface area contributed by atoms with Crippen molar-refractivity contribution in [3.63, 3.8) is 0 Å². The average molecular weight is 632 g/mol. The number of ketones is 1. The quantitative estimate of drug-likeness (QED) is 0.0568. The maximum atomic E-state index is 12.8. The van der Waals surface area contributed by atoms with Crippen molar-refractivity contribution in [3.8, 4) is 0 Å². The molecule has 0 aliphatic carbocycles. The summed E-state index contributed by atoms with van der Waals surface area (Å²) >= 11 is 0. The number of hydrogen-bond acceptors (Lipinski definition) is 13. The van der Waals surface area contributed by atoms with Crippen LogP contribution in [-0.4, -0.2) is 107 Å². The van der Waals surface area contributed by atoms with Gasteiger partial charge in [-0.05, 0) is 104 Å². The van der Waals surface area contributed by atoms with E-state index in [2.05, 4.69) is 66.2 Å². The number of carbonyl (C=O) groups excluding carboxylic acids is 2. The first-order chi connectivity index (χ1) is 22.0. The van der Waals surface area contributed by atoms with Gasteiger partial charge in [-0.15, -0.1) is 0 Å². The average Bonchev–Trinajstić information content (AvgIpc) is 3.37. The number of nitrogens with one attached hydrogen (secondary N) is 6. The predicted molar refractivity (Wildman–Crippen MR) is 179 cm³/mol. The summed E-state index contributed by atoms with van der Waals surface area (Å²) in [5.41, 5.74) is 2.31. The molecule has 244 valence electrons. The number of amides is 1. The van der Waals surface area contributed by atoms with E-state index in [1.54, 1.807) is 42.5 Å². The number of aromatic amines is 2. The first kappa shape index (κ1) is 33.7. The third kappa shape index (κ3) is 10.4. The van der Waals surface area contributed by atoms with Crippen LogP contribution in [0.15, 0.2) is 57.5 Å². The minimum Gasteiger partial charge on any atom is -0.354 e. The van der Waals surface area contributed by atoms with Crippen LogP contribution in [-0.2, 0) is 9.59 Å². The van der Waals surface area contributed by atoms with Gasteiger partial charge in [0.1, 0.15) is 0 Å². The van der Waals surface area contributed by atoms with Crippen molar-refractivity contribution in [3.05, 3.63) is 52.9 Å². The fraction of sp³-hybridized carbons (Fsp3) is 0.400. The van der Waals surface area contributed by atoms with Crippen LogP contribution >= 0.6 is 0 Å². The molecule has 0 aliphatic rings. The van der Waals surface area contributed by atoms with Crippen molar-refractivity contribution in [1.82, 2.24) is 34.7 Å². The summed E-state index contributed by atoms with van der Waals surface area (Å²) in [5.74, 6) is 0.185. The first-order valence-corrected chi connectivity index (χ1v) is 14.9. The molecule has 1 amide bonds. The van der Waals surface area contributed by atoms with Gasteiger partial charge in [0.25, 0.3) is 5.91 Å². The highest BCUT2D eigenvalue weighted by Crippen LogP contribution is 2.21. The number of hydrogen-bond donors (Lipinski definition) is 6. The van der Waals surface area contributed by atoms with Gasteiger partial charge in [-0.1, -0.05) is 0 Å². The maximum Gasteiger partial charge on any atom is 0.323 e. The Morgan fingerprint density at radius 3 is 1.96 bits per heavy atom. The number of aromatic nitrogens is 5. The van der Waals surface area contributed by atoms with E-state index in [1.807, 2.05) is 28.2 Å². The Labute approximate surface area is 266 Å². The van der Waals surface area contributed by atoms with Crippen molar-refractivity contribution >= 4 is 57.6 Å². The van der Waals surface area contributed by atoms with E-state index in [9.17, 15) is 14.4 Å². The Kier molecular flexibility index (Phi) is 11.9. The van der Waals surface area contributed by atoms with Gasteiger partial charge in [-0.2, -0.15) is 25.2 Å². The monoisotopic (exact) mass is 631 g/mol. The molecule has 4 aromatic rings. The van der Waals surface area contributed by atoms with Gasteiger partial charge in [0.2, 0.25) is 23.9 Å². The Hall–Kier alpha value is -5.22. The van der Waals surface area contributed by atoms with Gasteiger partial charge in [0, 0.05) is 24.5 Å². The Balaban J connectivity index is 1.40. The molecule has 2 aromatic heterocycles. The number of carbonyl (C=O) groups is 2. The predicted octanol–water partition coefficient (Wildman–Crippen LogP) is 3.19. The lowest BCUT2D eigenvalue weighted by Crippen LogP contribution is -2.31. The highest BCUT2D eigenvalue weighted by molar-refractivity contribution is 6.10. The molecular formula is C30H41N13O3. The fourth-order valence-electron chi connectivity index (χ4n) is 4.29. The van der Waals surface area contributed by atoms with E-state index >= 15 is 0 Å². The number of nitrogens with zero attached hydrogens (tertiary/aromatic N) is 7. The number of H-pyrrole nitrogens is 2. The Morgan fingerprint density at radius 1 is 0.804 bits per heavy atom. The molecule has 1 atom stereocenters. The summed E-state index contributed by atoms with van der Waals surface area (Å²) in [6.07, 6.45) is 1.86. The molecular weight excluding hydrogens is 590 g/mol. The molecule has 4 rings (SSSR count). The molecule has 16 heteroatoms. The van der Waals surface area contributed by atoms with Gasteiger partial charge in [-0.25, -0.2) is 4.79 Å². The molecule has 2 aromatic carbocycles. The van der Waals surface area contributed by atoms with Gasteiger partial charge < -0.3 is 41.0 Å². The molecule has 0 saturated carbocycles. The SMILES string of the molecule is CC(=O)[C@H](N=Nc1ccc(Nc2nc(NCCCN(C)C)nc(NCCCN(C)C)n2)cc1)C(=O)Nc1ccc2[nH]c(=O)[nH]c2c1. The number of anilines is 5. The van der Waals surface area contributed by atoms with E-state index in [-0.39, 0.29) is 5.69 Å². The molecule has 0 spiro atoms. The molecule has 0 radical (unpaired) electrons. The fourth-order valence-corrected chi connectivity index (χ4v) is 4.29. The molecule has 0 unspecified atom stereocenters. The van der Waals surface area contributed by atoms with Crippen LogP contribution in [0.3, 0.4) is 0 Å². The lowest BCUT2D eigenvalue weighted by Gasteiger charge is -2.13. The molecule has 16 nitrogen and oxygen atoms in total. The minimum absolute atomic E-state index is 0.357. The highest BCUT2D eigenvalue weighted by Gasteiger charge is 2.23. The lowest BCUT2D eigenvalue weighted by molar-refractivity contribution is -0.126. The van der Waals surface area contributed by atoms with Crippen LogP contribution in [0, 0.1) is 0 Å². The van der Waals surface area contributed by atoms with E-state index in [1.165, 1.54) is 6.92 Å². The Morgan fingerprint density at radius 2 is 1.37 bits per heavy atom. The smallest absolute Gasteiger partial charge is 0.323 e. The molecule has 0 fully saturated rings. The minimum atomic E-state index is -1.35. The summed E-state index contributed by atoms with van der Waals surface area (Å²) in [5, 5.41) is 20.5. The zero-order chi connectivity index (χ0) is 33.1. The van der Waals surface area contributed by atoms with Crippen LogP contribution in [0.1, 0.15) is 19.8 Å². The number of rotatable bonds is 17. The number of azo groups is 1. The van der Waals surface area contributed by atoms with Crippen molar-refractivity contribution in [2.75, 3.05) is 75.6 Å². The normalized spacial score (nSPS) is 12.2. The van der Waals surface area contributed by atoms with Gasteiger partial charge in [-0.3, -0.25) is 9.59 Å². The zero-order valence-corrected chi connectivity index (χ0v) is 26.7. The summed E-state index contributed by atoms with van der Waals surface area (Å²) in [6.45, 7) is 4.57. The second-order valence-corrected chi connectivity index (χ2v) is 11.2. The largest absolute Gasteiger partial charge is 0.354 e. The molecule has 2 heterocycles. The van der Waals surface area contributed by atoms with Crippen molar-refractivity contribution < 1.29 is 9.59 Å². The Bertz CT molecular complexity index is 1660. The maximum absolute atomic E-state index is 12.8. The van der Waals surface area contributed by atoms with Crippen molar-refractivity contribution in [1.29, 1.82) is 0 Å². The van der Waals surface area contributed by atoms with Crippen LogP contribution in [0.4, 0.5) is 34.9 Å². The zero-order valence-electron chi connectivity index (χ0n) is 26.7. The number of imidazole rings is 1. The first-order valence-electron chi connectivity index (χ1n) is 14.9. The second-order valence-electron chi connectivity index (χ2n) is 11.2. The third-order valence-electron chi connectivity index (χ3n) is 6.59. The van der Waals surface area contributed by atoms with Crippen LogP contribution in [0.25, 0.3) is 11.0 Å². The van der Waals surface area contributed by atoms with Gasteiger partial charge >= 0.3 is 5.69 Å². The lowest BCUT2D eigenvalue weighted by atomic mass is 10.2. The van der Waals surface area contributed by atoms with Gasteiger partial charge in [0.05, 0.1) is 16.7 Å². The highest BCUT2D eigenvalue weighted by atomic mass is 16.2. The second kappa shape index (κ2) is 16.2. The summed E-state index contributed by atoms with van der Waals surface area (Å²) < 4.78 is 0. The third-order valence-corrected chi connectivity index (χ3v) is 6.59. The molecule has 0 aliphatic heterocycles. The van der Waals surface area contributed by atoms with Crippen molar-refractivity contribution in [2.24, 2.45) is 10.2 Å². The number of benzene rings is 2. The number of fused-ring (bicyclic) bond motifs is 1. The molecule has 6 N–H and O–H groups in total. The molecule has 0 saturated heterocycles. The van der Waals surface area contributed by atoms with E-state index in [0.29, 0.717) is 59.0 Å². The topological polar surface area (TPSA) is 201 Å². The molecule has 0 bridgehead atoms. The molecule has 46 heavy (non-hydrogen) atoms. The van der Waals surface area contributed by atoms with Crippen LogP contribution in [0.2, 0.25) is 0 Å².